The molecular formula is C38H56N4O7. The molecule has 0 saturated carbocycles. The van der Waals surface area contributed by atoms with Gasteiger partial charge < -0.3 is 30.8 Å². The van der Waals surface area contributed by atoms with Crippen molar-refractivity contribution in [2.75, 3.05) is 32.9 Å². The molecule has 1 aromatic rings. The molecule has 0 fully saturated rings. The zero-order valence-corrected chi connectivity index (χ0v) is 29.2. The van der Waals surface area contributed by atoms with Crippen LogP contribution in [0.5, 0.6) is 0 Å². The van der Waals surface area contributed by atoms with Crippen molar-refractivity contribution in [3.8, 4) is 0 Å². The third-order valence-corrected chi connectivity index (χ3v) is 7.25. The van der Waals surface area contributed by atoms with Crippen LogP contribution >= 0.6 is 0 Å². The summed E-state index contributed by atoms with van der Waals surface area (Å²) < 4.78 is 5.83. The Balaban J connectivity index is 2.34. The lowest BCUT2D eigenvalue weighted by Crippen LogP contribution is -2.35. The number of rotatable bonds is 26. The molecule has 1 aromatic heterocycles. The standard InChI is InChI=1S/C38H56N4O7/c1-3-4-5-6-7-8-9-10-11-12-13-14-15-16-17-18-19-20-21-22-36(45)39-25-23-34(38(47)49-31-33(29-43)30-44)24-26-40-37(46)35-28-42(48)32(2)27-41-35/h4-5,7-8,10-11,13-14,16-17,19-20,27-28,33-34,43-44H,3,6,9,12,15,18,21-26,29-31H2,1-2H3,(H,39,45)(H,40,46). The predicted octanol–water partition coefficient (Wildman–Crippen LogP) is 4.89. The summed E-state index contributed by atoms with van der Waals surface area (Å²) in [6, 6.07) is 0. The number of aromatic nitrogens is 2. The summed E-state index contributed by atoms with van der Waals surface area (Å²) in [5.41, 5.74) is 0.301. The molecule has 2 amide bonds. The number of nitrogens with zero attached hydrogens (tertiary/aromatic N) is 2. The summed E-state index contributed by atoms with van der Waals surface area (Å²) in [6.45, 7) is 3.23. The second-order valence-corrected chi connectivity index (χ2v) is 11.4. The van der Waals surface area contributed by atoms with Gasteiger partial charge in [0.15, 0.2) is 5.69 Å². The van der Waals surface area contributed by atoms with Crippen LogP contribution in [0, 0.1) is 24.0 Å². The van der Waals surface area contributed by atoms with Crippen LogP contribution in [0.2, 0.25) is 0 Å². The Morgan fingerprint density at radius 3 is 1.86 bits per heavy atom. The van der Waals surface area contributed by atoms with E-state index in [2.05, 4.69) is 83.3 Å². The van der Waals surface area contributed by atoms with Gasteiger partial charge in [-0.3, -0.25) is 14.4 Å². The van der Waals surface area contributed by atoms with Gasteiger partial charge in [0.25, 0.3) is 5.91 Å². The number of esters is 1. The lowest BCUT2D eigenvalue weighted by Gasteiger charge is -2.18. The normalized spacial score (nSPS) is 12.8. The van der Waals surface area contributed by atoms with E-state index in [-0.39, 0.29) is 57.4 Å². The smallest absolute Gasteiger partial charge is 0.309 e. The molecule has 1 atom stereocenters. The van der Waals surface area contributed by atoms with E-state index < -0.39 is 23.7 Å². The molecular weight excluding hydrogens is 624 g/mol. The van der Waals surface area contributed by atoms with Crippen LogP contribution < -0.4 is 15.4 Å². The maximum absolute atomic E-state index is 12.8. The number of aliphatic hydroxyl groups excluding tert-OH is 2. The number of carbonyl (C=O) groups excluding carboxylic acids is 3. The summed E-state index contributed by atoms with van der Waals surface area (Å²) >= 11 is 0. The molecule has 0 aliphatic carbocycles. The van der Waals surface area contributed by atoms with E-state index in [4.69, 9.17) is 4.74 Å². The third-order valence-electron chi connectivity index (χ3n) is 7.25. The van der Waals surface area contributed by atoms with Crippen LogP contribution in [-0.2, 0) is 14.3 Å². The van der Waals surface area contributed by atoms with E-state index in [0.29, 0.717) is 23.3 Å². The van der Waals surface area contributed by atoms with E-state index in [1.54, 1.807) is 6.92 Å². The van der Waals surface area contributed by atoms with Gasteiger partial charge in [0, 0.05) is 32.4 Å². The van der Waals surface area contributed by atoms with Crippen molar-refractivity contribution in [2.24, 2.45) is 11.8 Å². The quantitative estimate of drug-likeness (QED) is 0.0465. The molecule has 270 valence electrons. The molecule has 0 spiro atoms. The molecule has 0 aromatic carbocycles. The fourth-order valence-corrected chi connectivity index (χ4v) is 4.22. The van der Waals surface area contributed by atoms with Gasteiger partial charge in [-0.25, -0.2) is 4.98 Å². The Morgan fingerprint density at radius 1 is 0.837 bits per heavy atom. The van der Waals surface area contributed by atoms with Crippen LogP contribution in [0.25, 0.3) is 0 Å². The summed E-state index contributed by atoms with van der Waals surface area (Å²) in [5.74, 6) is -2.50. The van der Waals surface area contributed by atoms with E-state index in [1.807, 2.05) is 12.2 Å². The molecule has 1 rings (SSSR count). The number of amides is 2. The predicted molar refractivity (Wildman–Crippen MR) is 192 cm³/mol. The molecule has 0 aliphatic heterocycles. The van der Waals surface area contributed by atoms with Gasteiger partial charge >= 0.3 is 5.97 Å². The zero-order valence-electron chi connectivity index (χ0n) is 29.2. The summed E-state index contributed by atoms with van der Waals surface area (Å²) in [7, 11) is 0. The van der Waals surface area contributed by atoms with E-state index >= 15 is 0 Å². The van der Waals surface area contributed by atoms with Gasteiger partial charge in [0.1, 0.15) is 0 Å². The zero-order chi connectivity index (χ0) is 36.0. The summed E-state index contributed by atoms with van der Waals surface area (Å²) in [4.78, 5) is 41.4. The van der Waals surface area contributed by atoms with E-state index in [9.17, 15) is 29.8 Å². The Kier molecular flexibility index (Phi) is 24.9. The minimum Gasteiger partial charge on any atom is -0.618 e. The number of carbonyl (C=O) groups is 3. The van der Waals surface area contributed by atoms with Crippen molar-refractivity contribution in [3.05, 3.63) is 102 Å². The maximum Gasteiger partial charge on any atom is 0.309 e. The number of aliphatic hydroxyl groups is 2. The van der Waals surface area contributed by atoms with Gasteiger partial charge in [-0.05, 0) is 57.8 Å². The number of hydrogen-bond acceptors (Lipinski definition) is 8. The van der Waals surface area contributed by atoms with Crippen LogP contribution in [0.4, 0.5) is 0 Å². The molecule has 1 unspecified atom stereocenters. The first kappa shape index (κ1) is 42.7. The van der Waals surface area contributed by atoms with Crippen LogP contribution in [-0.4, -0.2) is 65.9 Å². The van der Waals surface area contributed by atoms with E-state index in [1.165, 1.54) is 6.20 Å². The fourth-order valence-electron chi connectivity index (χ4n) is 4.22. The maximum atomic E-state index is 12.8. The third kappa shape index (κ3) is 22.0. The molecule has 11 heteroatoms. The average molecular weight is 681 g/mol. The number of hydrogen-bond donors (Lipinski definition) is 4. The van der Waals surface area contributed by atoms with Gasteiger partial charge in [0.05, 0.1) is 31.9 Å². The highest BCUT2D eigenvalue weighted by molar-refractivity contribution is 5.91. The number of allylic oxidation sites excluding steroid dienone is 12. The Bertz CT molecular complexity index is 1270. The molecule has 11 nitrogen and oxygen atoms in total. The lowest BCUT2D eigenvalue weighted by atomic mass is 10.0. The first-order chi connectivity index (χ1) is 23.8. The van der Waals surface area contributed by atoms with Gasteiger partial charge in [0.2, 0.25) is 17.8 Å². The van der Waals surface area contributed by atoms with Crippen molar-refractivity contribution in [2.45, 2.75) is 78.1 Å². The SMILES string of the molecule is CCC=CCC=CCC=CCC=CCC=CCC=CCCC(=O)NCCC(CCNC(=O)c1c[n+]([O-])c(C)cn1)C(=O)OCC(CO)CO. The minimum absolute atomic E-state index is 0.0485. The molecule has 0 radical (unpaired) electrons. The van der Waals surface area contributed by atoms with Crippen LogP contribution in [0.1, 0.15) is 87.3 Å². The highest BCUT2D eigenvalue weighted by Gasteiger charge is 2.22. The largest absolute Gasteiger partial charge is 0.618 e. The van der Waals surface area contributed by atoms with Crippen LogP contribution in [0.15, 0.2) is 85.3 Å². The second-order valence-electron chi connectivity index (χ2n) is 11.4. The van der Waals surface area contributed by atoms with Gasteiger partial charge in [-0.1, -0.05) is 79.8 Å². The highest BCUT2D eigenvalue weighted by Crippen LogP contribution is 2.12. The van der Waals surface area contributed by atoms with Crippen molar-refractivity contribution >= 4 is 17.8 Å². The molecule has 0 bridgehead atoms. The Morgan fingerprint density at radius 2 is 1.35 bits per heavy atom. The van der Waals surface area contributed by atoms with Crippen molar-refractivity contribution in [1.29, 1.82) is 0 Å². The number of nitrogens with one attached hydrogen (secondary N) is 2. The fraction of sp³-hybridized carbons (Fsp3) is 0.500. The highest BCUT2D eigenvalue weighted by atomic mass is 16.5. The molecule has 0 saturated heterocycles. The monoisotopic (exact) mass is 680 g/mol. The second kappa shape index (κ2) is 28.6. The van der Waals surface area contributed by atoms with Crippen LogP contribution in [0.3, 0.4) is 0 Å². The van der Waals surface area contributed by atoms with Crippen molar-refractivity contribution in [3.63, 3.8) is 0 Å². The topological polar surface area (TPSA) is 165 Å². The van der Waals surface area contributed by atoms with Crippen molar-refractivity contribution in [1.82, 2.24) is 15.6 Å². The minimum atomic E-state index is -0.655. The lowest BCUT2D eigenvalue weighted by molar-refractivity contribution is -0.613. The summed E-state index contributed by atoms with van der Waals surface area (Å²) in [5, 5.41) is 35.7. The molecule has 1 heterocycles. The molecule has 4 N–H and O–H groups in total. The van der Waals surface area contributed by atoms with Gasteiger partial charge in [-0.2, -0.15) is 4.73 Å². The first-order valence-electron chi connectivity index (χ1n) is 17.2. The Hall–Kier alpha value is -4.35. The molecule has 0 aliphatic rings. The first-order valence-corrected chi connectivity index (χ1v) is 17.2. The average Bonchev–Trinajstić information content (AvgIpc) is 3.10. The Labute approximate surface area is 291 Å². The van der Waals surface area contributed by atoms with Gasteiger partial charge in [-0.15, -0.1) is 0 Å². The molecule has 49 heavy (non-hydrogen) atoms. The van der Waals surface area contributed by atoms with E-state index in [0.717, 1.165) is 44.7 Å². The number of aryl methyl sites for hydroxylation is 1. The van der Waals surface area contributed by atoms with Crippen molar-refractivity contribution < 1.29 is 34.1 Å². The summed E-state index contributed by atoms with van der Waals surface area (Å²) in [6.07, 6.45) is 35.0. The number of ether oxygens (including phenoxy) is 1.